The highest BCUT2D eigenvalue weighted by Crippen LogP contribution is 2.22. The van der Waals surface area contributed by atoms with Crippen LogP contribution in [0.4, 0.5) is 15.9 Å². The molecule has 0 saturated carbocycles. The highest BCUT2D eigenvalue weighted by molar-refractivity contribution is 5.94. The first-order chi connectivity index (χ1) is 11.1. The van der Waals surface area contributed by atoms with Gasteiger partial charge in [0.2, 0.25) is 5.91 Å². The molecule has 120 valence electrons. The van der Waals surface area contributed by atoms with Crippen molar-refractivity contribution in [2.75, 3.05) is 17.6 Å². The molecule has 1 aromatic carbocycles. The molecule has 0 spiro atoms. The molecule has 1 aromatic heterocycles. The molecule has 0 aliphatic carbocycles. The Labute approximate surface area is 134 Å². The fraction of sp³-hybridized carbons (Fsp3) is 0.294. The Morgan fingerprint density at radius 1 is 1.30 bits per heavy atom. The fourth-order valence-corrected chi connectivity index (χ4v) is 2.84. The predicted octanol–water partition coefficient (Wildman–Crippen LogP) is 2.41. The van der Waals surface area contributed by atoms with E-state index in [0.29, 0.717) is 18.1 Å². The molecule has 1 saturated heterocycles. The fourth-order valence-electron chi connectivity index (χ4n) is 2.84. The average Bonchev–Trinajstić information content (AvgIpc) is 3.00. The van der Waals surface area contributed by atoms with Crippen molar-refractivity contribution in [2.45, 2.75) is 25.4 Å². The lowest BCUT2D eigenvalue weighted by atomic mass is 10.1. The van der Waals surface area contributed by atoms with Crippen molar-refractivity contribution in [1.82, 2.24) is 9.88 Å². The van der Waals surface area contributed by atoms with Gasteiger partial charge in [0.15, 0.2) is 0 Å². The van der Waals surface area contributed by atoms with Gasteiger partial charge in [-0.2, -0.15) is 0 Å². The normalized spacial score (nSPS) is 18.0. The number of nitrogen functional groups attached to an aromatic ring is 1. The van der Waals surface area contributed by atoms with Gasteiger partial charge in [0.05, 0.1) is 17.9 Å². The van der Waals surface area contributed by atoms with Crippen LogP contribution in [0.3, 0.4) is 0 Å². The summed E-state index contributed by atoms with van der Waals surface area (Å²) >= 11 is 0. The number of hydrogen-bond acceptors (Lipinski definition) is 4. The van der Waals surface area contributed by atoms with Crippen molar-refractivity contribution in [2.24, 2.45) is 0 Å². The van der Waals surface area contributed by atoms with Gasteiger partial charge in [-0.25, -0.2) is 9.37 Å². The van der Waals surface area contributed by atoms with Gasteiger partial charge in [0.25, 0.3) is 0 Å². The van der Waals surface area contributed by atoms with E-state index < -0.39 is 0 Å². The molecule has 3 N–H and O–H groups in total. The van der Waals surface area contributed by atoms with E-state index in [2.05, 4.69) is 15.2 Å². The van der Waals surface area contributed by atoms with Crippen LogP contribution in [0.2, 0.25) is 0 Å². The van der Waals surface area contributed by atoms with Crippen LogP contribution in [0.5, 0.6) is 0 Å². The third-order valence-corrected chi connectivity index (χ3v) is 4.02. The number of hydrogen-bond donors (Lipinski definition) is 2. The molecule has 2 heterocycles. The number of nitrogens with one attached hydrogen (secondary N) is 1. The summed E-state index contributed by atoms with van der Waals surface area (Å²) in [6.45, 7) is 1.49. The van der Waals surface area contributed by atoms with Gasteiger partial charge in [0, 0.05) is 6.54 Å². The first-order valence-electron chi connectivity index (χ1n) is 7.63. The average molecular weight is 314 g/mol. The second-order valence-electron chi connectivity index (χ2n) is 5.72. The maximum atomic E-state index is 13.0. The Morgan fingerprint density at radius 3 is 2.78 bits per heavy atom. The quantitative estimate of drug-likeness (QED) is 0.909. The van der Waals surface area contributed by atoms with Crippen LogP contribution in [0.1, 0.15) is 18.4 Å². The second-order valence-corrected chi connectivity index (χ2v) is 5.72. The number of aromatic nitrogens is 1. The number of carbonyl (C=O) groups is 1. The van der Waals surface area contributed by atoms with E-state index >= 15 is 0 Å². The SMILES string of the molecule is Nc1ccc(NC(=O)C2CCCN2Cc2ccc(F)cc2)cn1. The number of halogens is 1. The van der Waals surface area contributed by atoms with Gasteiger partial charge in [-0.1, -0.05) is 12.1 Å². The molecular formula is C17H19FN4O. The molecule has 1 unspecified atom stereocenters. The van der Waals surface area contributed by atoms with Gasteiger partial charge >= 0.3 is 0 Å². The Hall–Kier alpha value is -2.47. The number of amides is 1. The number of carbonyl (C=O) groups excluding carboxylic acids is 1. The molecule has 3 rings (SSSR count). The maximum Gasteiger partial charge on any atom is 0.241 e. The van der Waals surface area contributed by atoms with Crippen molar-refractivity contribution in [1.29, 1.82) is 0 Å². The summed E-state index contributed by atoms with van der Waals surface area (Å²) in [7, 11) is 0. The number of pyridine rings is 1. The molecule has 23 heavy (non-hydrogen) atoms. The predicted molar refractivity (Wildman–Crippen MR) is 87.1 cm³/mol. The minimum atomic E-state index is -0.250. The summed E-state index contributed by atoms with van der Waals surface area (Å²) in [5.41, 5.74) is 7.18. The van der Waals surface area contributed by atoms with Crippen LogP contribution in [0.15, 0.2) is 42.6 Å². The molecule has 1 aliphatic rings. The lowest BCUT2D eigenvalue weighted by Crippen LogP contribution is -2.39. The summed E-state index contributed by atoms with van der Waals surface area (Å²) in [5, 5.41) is 2.88. The Morgan fingerprint density at radius 2 is 2.09 bits per heavy atom. The Bertz CT molecular complexity index is 672. The Kier molecular flexibility index (Phi) is 4.52. The molecule has 1 fully saturated rings. The van der Waals surface area contributed by atoms with Crippen LogP contribution in [-0.2, 0) is 11.3 Å². The number of rotatable bonds is 4. The highest BCUT2D eigenvalue weighted by atomic mass is 19.1. The molecule has 6 heteroatoms. The van der Waals surface area contributed by atoms with Crippen molar-refractivity contribution >= 4 is 17.4 Å². The minimum absolute atomic E-state index is 0.0452. The number of benzene rings is 1. The van der Waals surface area contributed by atoms with Crippen LogP contribution in [-0.4, -0.2) is 28.4 Å². The number of nitrogens with two attached hydrogens (primary N) is 1. The molecule has 2 aromatic rings. The number of anilines is 2. The van der Waals surface area contributed by atoms with Crippen molar-refractivity contribution in [3.63, 3.8) is 0 Å². The summed E-state index contributed by atoms with van der Waals surface area (Å²) in [5.74, 6) is 0.123. The molecule has 0 bridgehead atoms. The zero-order valence-electron chi connectivity index (χ0n) is 12.7. The standard InChI is InChI=1S/C17H19FN4O/c18-13-5-3-12(4-6-13)11-22-9-1-2-15(22)17(23)21-14-7-8-16(19)20-10-14/h3-8,10,15H,1-2,9,11H2,(H2,19,20)(H,21,23). The summed E-state index contributed by atoms with van der Waals surface area (Å²) < 4.78 is 13.0. The summed E-state index contributed by atoms with van der Waals surface area (Å²) in [4.78, 5) is 18.6. The van der Waals surface area contributed by atoms with Gasteiger partial charge in [-0.15, -0.1) is 0 Å². The lowest BCUT2D eigenvalue weighted by molar-refractivity contribution is -0.120. The van der Waals surface area contributed by atoms with E-state index in [-0.39, 0.29) is 17.8 Å². The van der Waals surface area contributed by atoms with E-state index in [1.54, 1.807) is 30.5 Å². The zero-order valence-corrected chi connectivity index (χ0v) is 12.7. The van der Waals surface area contributed by atoms with Crippen LogP contribution < -0.4 is 11.1 Å². The Balaban J connectivity index is 1.64. The van der Waals surface area contributed by atoms with E-state index in [9.17, 15) is 9.18 Å². The van der Waals surface area contributed by atoms with Crippen LogP contribution in [0, 0.1) is 5.82 Å². The summed E-state index contributed by atoms with van der Waals surface area (Å²) in [6.07, 6.45) is 3.33. The molecule has 1 aliphatic heterocycles. The smallest absolute Gasteiger partial charge is 0.241 e. The lowest BCUT2D eigenvalue weighted by Gasteiger charge is -2.23. The molecule has 1 amide bonds. The molecular weight excluding hydrogens is 295 g/mol. The topological polar surface area (TPSA) is 71.2 Å². The number of likely N-dealkylation sites (tertiary alicyclic amines) is 1. The van der Waals surface area contributed by atoms with Crippen molar-refractivity contribution < 1.29 is 9.18 Å². The zero-order chi connectivity index (χ0) is 16.2. The third-order valence-electron chi connectivity index (χ3n) is 4.02. The minimum Gasteiger partial charge on any atom is -0.384 e. The van der Waals surface area contributed by atoms with Crippen molar-refractivity contribution in [3.05, 3.63) is 54.0 Å². The second kappa shape index (κ2) is 6.75. The number of nitrogens with zero attached hydrogens (tertiary/aromatic N) is 2. The van der Waals surface area contributed by atoms with E-state index in [0.717, 1.165) is 24.9 Å². The van der Waals surface area contributed by atoms with E-state index in [1.165, 1.54) is 12.1 Å². The van der Waals surface area contributed by atoms with E-state index in [1.807, 2.05) is 0 Å². The molecule has 5 nitrogen and oxygen atoms in total. The van der Waals surface area contributed by atoms with Gasteiger partial charge in [-0.05, 0) is 49.2 Å². The van der Waals surface area contributed by atoms with Crippen molar-refractivity contribution in [3.8, 4) is 0 Å². The van der Waals surface area contributed by atoms with Crippen LogP contribution >= 0.6 is 0 Å². The highest BCUT2D eigenvalue weighted by Gasteiger charge is 2.30. The van der Waals surface area contributed by atoms with Gasteiger partial charge < -0.3 is 11.1 Å². The van der Waals surface area contributed by atoms with E-state index in [4.69, 9.17) is 5.73 Å². The van der Waals surface area contributed by atoms with Gasteiger partial charge in [0.1, 0.15) is 11.6 Å². The largest absolute Gasteiger partial charge is 0.384 e. The first kappa shape index (κ1) is 15.4. The monoisotopic (exact) mass is 314 g/mol. The first-order valence-corrected chi connectivity index (χ1v) is 7.63. The molecule has 1 atom stereocenters. The molecule has 0 radical (unpaired) electrons. The van der Waals surface area contributed by atoms with Crippen LogP contribution in [0.25, 0.3) is 0 Å². The maximum absolute atomic E-state index is 13.0. The van der Waals surface area contributed by atoms with Gasteiger partial charge in [-0.3, -0.25) is 9.69 Å². The summed E-state index contributed by atoms with van der Waals surface area (Å²) in [6, 6.07) is 9.61. The third kappa shape index (κ3) is 3.84.